The largest absolute Gasteiger partial charge is 0.294 e. The number of hydrogen-bond donors (Lipinski definition) is 0. The lowest BCUT2D eigenvalue weighted by molar-refractivity contribution is 0.0962. The fourth-order valence-electron chi connectivity index (χ4n) is 2.73. The molecular weight excluding hydrogens is 224 g/mol. The van der Waals surface area contributed by atoms with E-state index in [1.54, 1.807) is 12.4 Å². The van der Waals surface area contributed by atoms with Gasteiger partial charge in [0.15, 0.2) is 5.78 Å². The van der Waals surface area contributed by atoms with Gasteiger partial charge in [0.1, 0.15) is 0 Å². The molecule has 0 bridgehead atoms. The Hall–Kier alpha value is -1.77. The smallest absolute Gasteiger partial charge is 0.163 e. The molecule has 3 nitrogen and oxygen atoms in total. The van der Waals surface area contributed by atoms with Crippen molar-refractivity contribution in [3.8, 4) is 0 Å². The van der Waals surface area contributed by atoms with E-state index < -0.39 is 0 Å². The van der Waals surface area contributed by atoms with E-state index in [-0.39, 0.29) is 5.78 Å². The lowest BCUT2D eigenvalue weighted by Gasteiger charge is -2.07. The van der Waals surface area contributed by atoms with E-state index in [2.05, 4.69) is 9.97 Å². The Kier molecular flexibility index (Phi) is 3.05. The topological polar surface area (TPSA) is 42.9 Å². The number of aromatic nitrogens is 2. The molecule has 1 fully saturated rings. The fraction of sp³-hybridized carbons (Fsp3) is 0.400. The molecule has 1 aromatic heterocycles. The van der Waals surface area contributed by atoms with Crippen molar-refractivity contribution in [2.75, 3.05) is 0 Å². The molecular formula is C15H16N2O. The van der Waals surface area contributed by atoms with Crippen LogP contribution in [0.4, 0.5) is 0 Å². The molecule has 92 valence electrons. The molecule has 0 amide bonds. The van der Waals surface area contributed by atoms with Crippen LogP contribution >= 0.6 is 0 Å². The Balaban J connectivity index is 1.82. The normalized spacial score (nSPS) is 16.2. The zero-order valence-electron chi connectivity index (χ0n) is 10.3. The SMILES string of the molecule is O=C(CC1CCCC1)c1ccc2nccnc2c1. The van der Waals surface area contributed by atoms with Gasteiger partial charge < -0.3 is 0 Å². The van der Waals surface area contributed by atoms with Crippen LogP contribution < -0.4 is 0 Å². The maximum absolute atomic E-state index is 12.2. The van der Waals surface area contributed by atoms with E-state index in [1.807, 2.05) is 18.2 Å². The number of hydrogen-bond acceptors (Lipinski definition) is 3. The van der Waals surface area contributed by atoms with E-state index in [0.717, 1.165) is 16.6 Å². The van der Waals surface area contributed by atoms with Gasteiger partial charge >= 0.3 is 0 Å². The van der Waals surface area contributed by atoms with E-state index in [0.29, 0.717) is 12.3 Å². The van der Waals surface area contributed by atoms with Crippen LogP contribution in [-0.4, -0.2) is 15.8 Å². The van der Waals surface area contributed by atoms with Gasteiger partial charge in [-0.2, -0.15) is 0 Å². The van der Waals surface area contributed by atoms with Gasteiger partial charge in [0.2, 0.25) is 0 Å². The Labute approximate surface area is 106 Å². The highest BCUT2D eigenvalue weighted by atomic mass is 16.1. The van der Waals surface area contributed by atoms with Crippen LogP contribution in [0.25, 0.3) is 11.0 Å². The zero-order valence-corrected chi connectivity index (χ0v) is 10.3. The highest BCUT2D eigenvalue weighted by Gasteiger charge is 2.19. The third-order valence-corrected chi connectivity index (χ3v) is 3.74. The molecule has 0 radical (unpaired) electrons. The van der Waals surface area contributed by atoms with Crippen molar-refractivity contribution in [3.63, 3.8) is 0 Å². The summed E-state index contributed by atoms with van der Waals surface area (Å²) in [5.74, 6) is 0.838. The van der Waals surface area contributed by atoms with Crippen LogP contribution in [0, 0.1) is 5.92 Å². The third-order valence-electron chi connectivity index (χ3n) is 3.74. The predicted octanol–water partition coefficient (Wildman–Crippen LogP) is 3.39. The van der Waals surface area contributed by atoms with Crippen LogP contribution in [-0.2, 0) is 0 Å². The minimum atomic E-state index is 0.245. The van der Waals surface area contributed by atoms with Crippen molar-refractivity contribution in [1.29, 1.82) is 0 Å². The van der Waals surface area contributed by atoms with Crippen molar-refractivity contribution in [1.82, 2.24) is 9.97 Å². The van der Waals surface area contributed by atoms with Gasteiger partial charge in [-0.3, -0.25) is 14.8 Å². The molecule has 18 heavy (non-hydrogen) atoms. The van der Waals surface area contributed by atoms with Crippen LogP contribution in [0.3, 0.4) is 0 Å². The molecule has 2 aromatic rings. The summed E-state index contributed by atoms with van der Waals surface area (Å²) in [6.45, 7) is 0. The average Bonchev–Trinajstić information content (AvgIpc) is 2.91. The first kappa shape index (κ1) is 11.3. The van der Waals surface area contributed by atoms with Crippen molar-refractivity contribution >= 4 is 16.8 Å². The molecule has 1 aliphatic rings. The Morgan fingerprint density at radius 2 is 1.83 bits per heavy atom. The summed E-state index contributed by atoms with van der Waals surface area (Å²) in [6.07, 6.45) is 8.99. The van der Waals surface area contributed by atoms with Crippen LogP contribution in [0.1, 0.15) is 42.5 Å². The molecule has 3 heteroatoms. The van der Waals surface area contributed by atoms with E-state index in [4.69, 9.17) is 0 Å². The number of carbonyl (C=O) groups excluding carboxylic acids is 1. The standard InChI is InChI=1S/C15H16N2O/c18-15(9-11-3-1-2-4-11)12-5-6-13-14(10-12)17-8-7-16-13/h5-8,10-11H,1-4,9H2. The van der Waals surface area contributed by atoms with Gasteiger partial charge in [0.25, 0.3) is 0 Å². The minimum Gasteiger partial charge on any atom is -0.294 e. The fourth-order valence-corrected chi connectivity index (χ4v) is 2.73. The molecule has 1 aromatic carbocycles. The first-order chi connectivity index (χ1) is 8.83. The maximum atomic E-state index is 12.2. The van der Waals surface area contributed by atoms with E-state index in [9.17, 15) is 4.79 Å². The molecule has 0 unspecified atom stereocenters. The number of carbonyl (C=O) groups is 1. The molecule has 1 aliphatic carbocycles. The Morgan fingerprint density at radius 1 is 1.11 bits per heavy atom. The molecule has 0 N–H and O–H groups in total. The summed E-state index contributed by atoms with van der Waals surface area (Å²) in [4.78, 5) is 20.6. The van der Waals surface area contributed by atoms with Crippen LogP contribution in [0.5, 0.6) is 0 Å². The quantitative estimate of drug-likeness (QED) is 0.772. The highest BCUT2D eigenvalue weighted by Crippen LogP contribution is 2.28. The lowest BCUT2D eigenvalue weighted by atomic mass is 9.97. The third kappa shape index (κ3) is 2.26. The van der Waals surface area contributed by atoms with E-state index >= 15 is 0 Å². The van der Waals surface area contributed by atoms with Crippen molar-refractivity contribution in [2.24, 2.45) is 5.92 Å². The zero-order chi connectivity index (χ0) is 12.4. The Morgan fingerprint density at radius 3 is 2.61 bits per heavy atom. The number of nitrogens with zero attached hydrogens (tertiary/aromatic N) is 2. The van der Waals surface area contributed by atoms with Crippen molar-refractivity contribution < 1.29 is 4.79 Å². The van der Waals surface area contributed by atoms with Crippen LogP contribution in [0.15, 0.2) is 30.6 Å². The van der Waals surface area contributed by atoms with Crippen molar-refractivity contribution in [3.05, 3.63) is 36.2 Å². The summed E-state index contributed by atoms with van der Waals surface area (Å²) in [5, 5.41) is 0. The van der Waals surface area contributed by atoms with Gasteiger partial charge in [0, 0.05) is 24.4 Å². The first-order valence-electron chi connectivity index (χ1n) is 6.57. The van der Waals surface area contributed by atoms with Gasteiger partial charge in [-0.15, -0.1) is 0 Å². The van der Waals surface area contributed by atoms with Gasteiger partial charge in [-0.25, -0.2) is 0 Å². The summed E-state index contributed by atoms with van der Waals surface area (Å²) in [5.41, 5.74) is 2.42. The molecule has 0 spiro atoms. The molecule has 0 atom stereocenters. The maximum Gasteiger partial charge on any atom is 0.163 e. The number of ketones is 1. The second-order valence-electron chi connectivity index (χ2n) is 5.04. The number of Topliss-reactive ketones (excluding diaryl/α,β-unsaturated/α-hetero) is 1. The number of rotatable bonds is 3. The monoisotopic (exact) mass is 240 g/mol. The average molecular weight is 240 g/mol. The molecule has 0 aliphatic heterocycles. The van der Waals surface area contributed by atoms with Gasteiger partial charge in [0.05, 0.1) is 11.0 Å². The second kappa shape index (κ2) is 4.84. The summed E-state index contributed by atoms with van der Waals surface area (Å²) in [6, 6.07) is 5.61. The minimum absolute atomic E-state index is 0.245. The summed E-state index contributed by atoms with van der Waals surface area (Å²) < 4.78 is 0. The van der Waals surface area contributed by atoms with Gasteiger partial charge in [-0.05, 0) is 24.1 Å². The molecule has 3 rings (SSSR count). The summed E-state index contributed by atoms with van der Waals surface area (Å²) in [7, 11) is 0. The molecule has 0 saturated heterocycles. The van der Waals surface area contributed by atoms with E-state index in [1.165, 1.54) is 25.7 Å². The second-order valence-corrected chi connectivity index (χ2v) is 5.04. The summed E-state index contributed by atoms with van der Waals surface area (Å²) >= 11 is 0. The number of benzene rings is 1. The molecule has 1 saturated carbocycles. The Bertz CT molecular complexity index is 573. The highest BCUT2D eigenvalue weighted by molar-refractivity contribution is 5.98. The van der Waals surface area contributed by atoms with Crippen LogP contribution in [0.2, 0.25) is 0 Å². The lowest BCUT2D eigenvalue weighted by Crippen LogP contribution is -2.06. The van der Waals surface area contributed by atoms with Gasteiger partial charge in [-0.1, -0.05) is 25.7 Å². The number of fused-ring (bicyclic) bond motifs is 1. The predicted molar refractivity (Wildman–Crippen MR) is 70.4 cm³/mol. The van der Waals surface area contributed by atoms with Crippen molar-refractivity contribution in [2.45, 2.75) is 32.1 Å². The first-order valence-corrected chi connectivity index (χ1v) is 6.57. The molecule has 1 heterocycles.